The van der Waals surface area contributed by atoms with Gasteiger partial charge in [-0.05, 0) is 19.1 Å². The quantitative estimate of drug-likeness (QED) is 0.687. The molecule has 1 rings (SSSR count). The smallest absolute Gasteiger partial charge is 0.200 e. The van der Waals surface area contributed by atoms with Crippen LogP contribution in [0.5, 0.6) is 0 Å². The highest BCUT2D eigenvalue weighted by molar-refractivity contribution is 7.89. The minimum absolute atomic E-state index is 0.142. The van der Waals surface area contributed by atoms with Gasteiger partial charge in [0.1, 0.15) is 5.71 Å². The molecule has 4 nitrogen and oxygen atoms in total. The highest BCUT2D eigenvalue weighted by Crippen LogP contribution is 2.22. The van der Waals surface area contributed by atoms with E-state index in [1.165, 1.54) is 26.0 Å². The molecule has 0 saturated carbocycles. The van der Waals surface area contributed by atoms with E-state index in [0.717, 1.165) is 5.56 Å². The Kier molecular flexibility index (Phi) is 4.80. The van der Waals surface area contributed by atoms with Crippen molar-refractivity contribution in [3.05, 3.63) is 29.8 Å². The van der Waals surface area contributed by atoms with Crippen LogP contribution in [0.1, 0.15) is 19.4 Å². The Labute approximate surface area is 115 Å². The summed E-state index contributed by atoms with van der Waals surface area (Å²) < 4.78 is 61.5. The van der Waals surface area contributed by atoms with Crippen LogP contribution in [0.2, 0.25) is 0 Å². The molecular formula is C12H15F3N2O2S. The van der Waals surface area contributed by atoms with Crippen molar-refractivity contribution in [3.63, 3.8) is 0 Å². The van der Waals surface area contributed by atoms with Crippen LogP contribution < -0.4 is 4.83 Å². The van der Waals surface area contributed by atoms with Crippen LogP contribution in [-0.2, 0) is 10.0 Å². The molecule has 0 atom stereocenters. The Morgan fingerprint density at radius 1 is 1.20 bits per heavy atom. The molecule has 0 spiro atoms. The predicted molar refractivity (Wildman–Crippen MR) is 69.8 cm³/mol. The van der Waals surface area contributed by atoms with Gasteiger partial charge in [-0.15, -0.1) is 0 Å². The molecule has 1 N–H and O–H groups in total. The fourth-order valence-electron chi connectivity index (χ4n) is 1.40. The zero-order valence-electron chi connectivity index (χ0n) is 11.2. The van der Waals surface area contributed by atoms with Gasteiger partial charge in [0.2, 0.25) is 0 Å². The van der Waals surface area contributed by atoms with Crippen molar-refractivity contribution < 1.29 is 21.6 Å². The highest BCUT2D eigenvalue weighted by Gasteiger charge is 2.38. The number of hydrogen-bond acceptors (Lipinski definition) is 3. The summed E-state index contributed by atoms with van der Waals surface area (Å²) >= 11 is 0. The summed E-state index contributed by atoms with van der Waals surface area (Å²) in [4.78, 5) is 1.48. The van der Waals surface area contributed by atoms with Crippen LogP contribution in [0.3, 0.4) is 0 Å². The molecule has 1 aromatic carbocycles. The highest BCUT2D eigenvalue weighted by atomic mass is 32.2. The van der Waals surface area contributed by atoms with E-state index >= 15 is 0 Å². The molecular weight excluding hydrogens is 293 g/mol. The van der Waals surface area contributed by atoms with Crippen molar-refractivity contribution in [1.82, 2.24) is 4.83 Å². The first-order valence-electron chi connectivity index (χ1n) is 5.77. The van der Waals surface area contributed by atoms with Crippen molar-refractivity contribution in [2.45, 2.75) is 31.8 Å². The molecule has 0 aliphatic rings. The molecule has 0 heterocycles. The third-order valence-corrected chi connectivity index (χ3v) is 3.68. The number of alkyl halides is 3. The number of nitrogens with zero attached hydrogens (tertiary/aromatic N) is 1. The molecule has 20 heavy (non-hydrogen) atoms. The molecule has 112 valence electrons. The molecule has 0 aliphatic carbocycles. The van der Waals surface area contributed by atoms with Gasteiger partial charge in [0.05, 0.1) is 4.90 Å². The van der Waals surface area contributed by atoms with Crippen molar-refractivity contribution in [2.24, 2.45) is 11.0 Å². The molecule has 0 aliphatic heterocycles. The molecule has 0 aromatic heterocycles. The van der Waals surface area contributed by atoms with Crippen molar-refractivity contribution in [3.8, 4) is 0 Å². The molecule has 0 saturated heterocycles. The molecule has 1 aromatic rings. The number of aryl methyl sites for hydroxylation is 1. The molecule has 0 fully saturated rings. The van der Waals surface area contributed by atoms with Gasteiger partial charge >= 0.3 is 6.18 Å². The van der Waals surface area contributed by atoms with Gasteiger partial charge in [-0.1, -0.05) is 31.5 Å². The zero-order valence-corrected chi connectivity index (χ0v) is 12.0. The summed E-state index contributed by atoms with van der Waals surface area (Å²) in [6, 6.07) is 5.70. The lowest BCUT2D eigenvalue weighted by Crippen LogP contribution is -2.32. The monoisotopic (exact) mass is 308 g/mol. The van der Waals surface area contributed by atoms with E-state index in [-0.39, 0.29) is 4.90 Å². The first kappa shape index (κ1) is 16.5. The van der Waals surface area contributed by atoms with Crippen molar-refractivity contribution >= 4 is 15.7 Å². The Morgan fingerprint density at radius 2 is 1.70 bits per heavy atom. The summed E-state index contributed by atoms with van der Waals surface area (Å²) in [5, 5.41) is 3.02. The van der Waals surface area contributed by atoms with Gasteiger partial charge in [0, 0.05) is 5.92 Å². The van der Waals surface area contributed by atoms with Crippen LogP contribution in [-0.4, -0.2) is 20.3 Å². The second-order valence-corrected chi connectivity index (χ2v) is 6.22. The number of rotatable bonds is 4. The number of benzene rings is 1. The van der Waals surface area contributed by atoms with Crippen LogP contribution >= 0.6 is 0 Å². The van der Waals surface area contributed by atoms with E-state index in [2.05, 4.69) is 5.10 Å². The summed E-state index contributed by atoms with van der Waals surface area (Å²) in [6.07, 6.45) is -4.68. The number of hydrazone groups is 1. The van der Waals surface area contributed by atoms with Gasteiger partial charge in [-0.25, -0.2) is 0 Å². The number of nitrogens with one attached hydrogen (secondary N) is 1. The van der Waals surface area contributed by atoms with Crippen LogP contribution in [0.4, 0.5) is 13.2 Å². The Bertz CT molecular complexity index is 590. The summed E-state index contributed by atoms with van der Waals surface area (Å²) in [5.41, 5.74) is -0.334. The number of sulfonamides is 1. The average Bonchev–Trinajstić information content (AvgIpc) is 2.27. The van der Waals surface area contributed by atoms with E-state index in [4.69, 9.17) is 0 Å². The topological polar surface area (TPSA) is 58.5 Å². The molecule has 0 bridgehead atoms. The molecule has 0 radical (unpaired) electrons. The molecule has 0 unspecified atom stereocenters. The van der Waals surface area contributed by atoms with E-state index in [1.54, 1.807) is 23.9 Å². The first-order chi connectivity index (χ1) is 9.04. The first-order valence-corrected chi connectivity index (χ1v) is 7.25. The van der Waals surface area contributed by atoms with Crippen LogP contribution in [0.15, 0.2) is 34.3 Å². The summed E-state index contributed by atoms with van der Waals surface area (Å²) in [5.74, 6) is -0.948. The maximum absolute atomic E-state index is 12.6. The van der Waals surface area contributed by atoms with E-state index < -0.39 is 27.8 Å². The third-order valence-electron chi connectivity index (χ3n) is 2.45. The Hall–Kier alpha value is -1.57. The number of halogens is 3. The van der Waals surface area contributed by atoms with Gasteiger partial charge in [0.25, 0.3) is 10.0 Å². The van der Waals surface area contributed by atoms with Crippen LogP contribution in [0, 0.1) is 12.8 Å². The minimum atomic E-state index is -4.68. The van der Waals surface area contributed by atoms with Gasteiger partial charge < -0.3 is 0 Å². The second kappa shape index (κ2) is 5.82. The predicted octanol–water partition coefficient (Wildman–Crippen LogP) is 2.85. The fourth-order valence-corrected chi connectivity index (χ4v) is 2.22. The number of hydrogen-bond donors (Lipinski definition) is 1. The second-order valence-electron chi connectivity index (χ2n) is 4.56. The maximum Gasteiger partial charge on any atom is 0.431 e. The third kappa shape index (κ3) is 4.22. The average molecular weight is 308 g/mol. The summed E-state index contributed by atoms with van der Waals surface area (Å²) in [6.45, 7) is 4.33. The fraction of sp³-hybridized carbons (Fsp3) is 0.417. The van der Waals surface area contributed by atoms with Gasteiger partial charge in [-0.3, -0.25) is 0 Å². The lowest BCUT2D eigenvalue weighted by atomic mass is 10.1. The zero-order chi connectivity index (χ0) is 15.6. The lowest BCUT2D eigenvalue weighted by Gasteiger charge is -2.14. The van der Waals surface area contributed by atoms with Gasteiger partial charge in [0.15, 0.2) is 0 Å². The molecule has 0 amide bonds. The van der Waals surface area contributed by atoms with E-state index in [9.17, 15) is 21.6 Å². The van der Waals surface area contributed by atoms with Gasteiger partial charge in [-0.2, -0.15) is 31.5 Å². The van der Waals surface area contributed by atoms with E-state index in [0.29, 0.717) is 0 Å². The lowest BCUT2D eigenvalue weighted by molar-refractivity contribution is -0.0625. The Morgan fingerprint density at radius 3 is 2.10 bits per heavy atom. The maximum atomic E-state index is 12.6. The summed E-state index contributed by atoms with van der Waals surface area (Å²) in [7, 11) is -4.10. The Balaban J connectivity index is 3.05. The SMILES string of the molecule is Cc1ccc(S(=O)(=O)N/N=C(/C(C)C)C(F)(F)F)cc1. The van der Waals surface area contributed by atoms with Crippen molar-refractivity contribution in [2.75, 3.05) is 0 Å². The standard InChI is InChI=1S/C12H15F3N2O2S/c1-8(2)11(12(13,14)15)16-17-20(18,19)10-6-4-9(3)5-7-10/h4-8,17H,1-3H3/b16-11-. The largest absolute Gasteiger partial charge is 0.431 e. The van der Waals surface area contributed by atoms with Crippen LogP contribution in [0.25, 0.3) is 0 Å². The minimum Gasteiger partial charge on any atom is -0.200 e. The molecule has 8 heteroatoms. The van der Waals surface area contributed by atoms with E-state index in [1.807, 2.05) is 0 Å². The normalized spacial score (nSPS) is 13.7. The van der Waals surface area contributed by atoms with Crippen molar-refractivity contribution in [1.29, 1.82) is 0 Å².